The number of nitrogens with one attached hydrogen (secondary N) is 2. The second kappa shape index (κ2) is 7.74. The summed E-state index contributed by atoms with van der Waals surface area (Å²) < 4.78 is 13.3. The van der Waals surface area contributed by atoms with Gasteiger partial charge in [-0.1, -0.05) is 25.0 Å². The van der Waals surface area contributed by atoms with Gasteiger partial charge in [0, 0.05) is 29.6 Å². The second-order valence-corrected chi connectivity index (χ2v) is 7.95. The molecule has 5 heteroatoms. The van der Waals surface area contributed by atoms with Crippen molar-refractivity contribution in [1.29, 1.82) is 0 Å². The van der Waals surface area contributed by atoms with E-state index in [0.29, 0.717) is 18.5 Å². The number of hydrogen-bond acceptors (Lipinski definition) is 2. The van der Waals surface area contributed by atoms with E-state index >= 15 is 0 Å². The molecule has 1 fully saturated rings. The Morgan fingerprint density at radius 2 is 1.79 bits per heavy atom. The molecule has 4 rings (SSSR count). The summed E-state index contributed by atoms with van der Waals surface area (Å²) in [5, 5.41) is 6.00. The zero-order valence-electron chi connectivity index (χ0n) is 15.9. The molecule has 2 aromatic carbocycles. The van der Waals surface area contributed by atoms with Crippen molar-refractivity contribution in [3.05, 3.63) is 65.0 Å². The number of carbonyl (C=O) groups is 2. The van der Waals surface area contributed by atoms with E-state index in [4.69, 9.17) is 0 Å². The number of anilines is 1. The highest BCUT2D eigenvalue weighted by molar-refractivity contribution is 5.97. The Bertz CT molecular complexity index is 886. The third-order valence-electron chi connectivity index (χ3n) is 6.10. The van der Waals surface area contributed by atoms with Crippen molar-refractivity contribution in [2.75, 3.05) is 11.9 Å². The molecule has 2 N–H and O–H groups in total. The normalized spacial score (nSPS) is 18.1. The fourth-order valence-electron chi connectivity index (χ4n) is 4.49. The van der Waals surface area contributed by atoms with Crippen LogP contribution in [-0.4, -0.2) is 18.4 Å². The Balaban J connectivity index is 1.49. The van der Waals surface area contributed by atoms with E-state index in [1.54, 1.807) is 6.07 Å². The van der Waals surface area contributed by atoms with Crippen molar-refractivity contribution >= 4 is 17.5 Å². The molecule has 146 valence electrons. The van der Waals surface area contributed by atoms with Gasteiger partial charge in [-0.2, -0.15) is 0 Å². The predicted octanol–water partition coefficient (Wildman–Crippen LogP) is 4.34. The minimum absolute atomic E-state index is 0.0263. The van der Waals surface area contributed by atoms with Crippen molar-refractivity contribution in [3.63, 3.8) is 0 Å². The number of aryl methyl sites for hydroxylation is 1. The minimum Gasteiger partial charge on any atom is -0.351 e. The van der Waals surface area contributed by atoms with Crippen molar-refractivity contribution in [1.82, 2.24) is 5.32 Å². The summed E-state index contributed by atoms with van der Waals surface area (Å²) in [7, 11) is 0. The van der Waals surface area contributed by atoms with Crippen molar-refractivity contribution < 1.29 is 14.0 Å². The molecule has 2 aliphatic rings. The first kappa shape index (κ1) is 18.7. The monoisotopic (exact) mass is 380 g/mol. The van der Waals surface area contributed by atoms with Crippen molar-refractivity contribution in [2.45, 2.75) is 50.4 Å². The van der Waals surface area contributed by atoms with E-state index < -0.39 is 0 Å². The Morgan fingerprint density at radius 3 is 2.54 bits per heavy atom. The lowest BCUT2D eigenvalue weighted by molar-refractivity contribution is -0.116. The predicted molar refractivity (Wildman–Crippen MR) is 107 cm³/mol. The molecule has 2 amide bonds. The van der Waals surface area contributed by atoms with Gasteiger partial charge in [-0.05, 0) is 67.1 Å². The standard InChI is InChI=1S/C23H25FN2O2/c24-19-9-7-18(8-10-19)23(12-1-2-13-23)15-25-22(28)17-6-11-20-16(14-17)4-3-5-21(27)26-20/h6-11,14H,1-5,12-13,15H2,(H,25,28)(H,26,27). The summed E-state index contributed by atoms with van der Waals surface area (Å²) in [6, 6.07) is 12.2. The highest BCUT2D eigenvalue weighted by atomic mass is 19.1. The first-order valence-electron chi connectivity index (χ1n) is 10.0. The van der Waals surface area contributed by atoms with Crippen molar-refractivity contribution in [3.8, 4) is 0 Å². The lowest BCUT2D eigenvalue weighted by atomic mass is 9.78. The van der Waals surface area contributed by atoms with Gasteiger partial charge >= 0.3 is 0 Å². The molecule has 1 heterocycles. The van der Waals surface area contributed by atoms with Gasteiger partial charge in [-0.15, -0.1) is 0 Å². The molecule has 1 aliphatic heterocycles. The van der Waals surface area contributed by atoms with Crippen LogP contribution >= 0.6 is 0 Å². The lowest BCUT2D eigenvalue weighted by Gasteiger charge is -2.30. The van der Waals surface area contributed by atoms with Crippen LogP contribution in [0.2, 0.25) is 0 Å². The average molecular weight is 380 g/mol. The Kier molecular flexibility index (Phi) is 5.16. The molecule has 0 radical (unpaired) electrons. The molecule has 0 spiro atoms. The highest BCUT2D eigenvalue weighted by Gasteiger charge is 2.36. The summed E-state index contributed by atoms with van der Waals surface area (Å²) in [4.78, 5) is 24.5. The van der Waals surface area contributed by atoms with E-state index in [1.165, 1.54) is 12.1 Å². The number of benzene rings is 2. The summed E-state index contributed by atoms with van der Waals surface area (Å²) >= 11 is 0. The minimum atomic E-state index is -0.238. The summed E-state index contributed by atoms with van der Waals surface area (Å²) in [5.41, 5.74) is 3.40. The maximum Gasteiger partial charge on any atom is 0.251 e. The Hall–Kier alpha value is -2.69. The SMILES string of the molecule is O=C1CCCc2cc(C(=O)NCC3(c4ccc(F)cc4)CCCC3)ccc2N1. The van der Waals surface area contributed by atoms with Crippen LogP contribution in [0.4, 0.5) is 10.1 Å². The molecular weight excluding hydrogens is 355 g/mol. The average Bonchev–Trinajstić information content (AvgIpc) is 3.10. The van der Waals surface area contributed by atoms with E-state index in [0.717, 1.165) is 55.3 Å². The van der Waals surface area contributed by atoms with Crippen LogP contribution in [0.1, 0.15) is 60.0 Å². The van der Waals surface area contributed by atoms with Crippen LogP contribution in [0, 0.1) is 5.82 Å². The second-order valence-electron chi connectivity index (χ2n) is 7.95. The van der Waals surface area contributed by atoms with Gasteiger partial charge in [0.15, 0.2) is 0 Å². The first-order valence-corrected chi connectivity index (χ1v) is 10.0. The van der Waals surface area contributed by atoms with Crippen LogP contribution in [0.3, 0.4) is 0 Å². The molecule has 0 unspecified atom stereocenters. The number of rotatable bonds is 4. The molecule has 0 atom stereocenters. The largest absolute Gasteiger partial charge is 0.351 e. The number of amides is 2. The van der Waals surface area contributed by atoms with Gasteiger partial charge in [0.1, 0.15) is 5.82 Å². The molecule has 1 saturated carbocycles. The van der Waals surface area contributed by atoms with Crippen LogP contribution in [0.5, 0.6) is 0 Å². The maximum absolute atomic E-state index is 13.3. The highest BCUT2D eigenvalue weighted by Crippen LogP contribution is 2.40. The molecule has 4 nitrogen and oxygen atoms in total. The van der Waals surface area contributed by atoms with Gasteiger partial charge in [0.25, 0.3) is 5.91 Å². The van der Waals surface area contributed by atoms with Crippen LogP contribution in [0.15, 0.2) is 42.5 Å². The third-order valence-corrected chi connectivity index (χ3v) is 6.10. The topological polar surface area (TPSA) is 58.2 Å². The zero-order valence-corrected chi connectivity index (χ0v) is 15.9. The Morgan fingerprint density at radius 1 is 1.04 bits per heavy atom. The van der Waals surface area contributed by atoms with Crippen molar-refractivity contribution in [2.24, 2.45) is 0 Å². The molecule has 28 heavy (non-hydrogen) atoms. The van der Waals surface area contributed by atoms with E-state index in [9.17, 15) is 14.0 Å². The number of fused-ring (bicyclic) bond motifs is 1. The summed E-state index contributed by atoms with van der Waals surface area (Å²) in [5.74, 6) is -0.316. The Labute approximate surface area is 164 Å². The fourth-order valence-corrected chi connectivity index (χ4v) is 4.49. The number of carbonyl (C=O) groups excluding carboxylic acids is 2. The van der Waals surface area contributed by atoms with Gasteiger partial charge in [-0.25, -0.2) is 4.39 Å². The summed E-state index contributed by atoms with van der Waals surface area (Å²) in [6.07, 6.45) is 6.31. The molecule has 2 aromatic rings. The molecule has 0 aromatic heterocycles. The fraction of sp³-hybridized carbons (Fsp3) is 0.391. The maximum atomic E-state index is 13.3. The number of halogens is 1. The van der Waals surface area contributed by atoms with Gasteiger partial charge < -0.3 is 10.6 Å². The quantitative estimate of drug-likeness (QED) is 0.829. The van der Waals surface area contributed by atoms with E-state index in [1.807, 2.05) is 24.3 Å². The molecule has 0 bridgehead atoms. The van der Waals surface area contributed by atoms with Gasteiger partial charge in [-0.3, -0.25) is 9.59 Å². The molecule has 1 aliphatic carbocycles. The molecule has 0 saturated heterocycles. The number of hydrogen-bond donors (Lipinski definition) is 2. The third kappa shape index (κ3) is 3.79. The van der Waals surface area contributed by atoms with Gasteiger partial charge in [0.05, 0.1) is 0 Å². The van der Waals surface area contributed by atoms with E-state index in [2.05, 4.69) is 10.6 Å². The zero-order chi connectivity index (χ0) is 19.6. The lowest BCUT2D eigenvalue weighted by Crippen LogP contribution is -2.39. The first-order chi connectivity index (χ1) is 13.6. The summed E-state index contributed by atoms with van der Waals surface area (Å²) in [6.45, 7) is 0.547. The molecular formula is C23H25FN2O2. The van der Waals surface area contributed by atoms with Crippen LogP contribution < -0.4 is 10.6 Å². The van der Waals surface area contributed by atoms with Crippen LogP contribution in [0.25, 0.3) is 0 Å². The van der Waals surface area contributed by atoms with Gasteiger partial charge in [0.2, 0.25) is 5.91 Å². The van der Waals surface area contributed by atoms with Crippen LogP contribution in [-0.2, 0) is 16.6 Å². The smallest absolute Gasteiger partial charge is 0.251 e. The van der Waals surface area contributed by atoms with E-state index in [-0.39, 0.29) is 23.0 Å².